The molecule has 2 heterocycles. The van der Waals surface area contributed by atoms with E-state index in [9.17, 15) is 18.0 Å². The highest BCUT2D eigenvalue weighted by Gasteiger charge is 2.44. The van der Waals surface area contributed by atoms with Crippen molar-refractivity contribution in [2.45, 2.75) is 102 Å². The molecule has 2 aliphatic rings. The number of thioether (sulfide) groups is 1. The van der Waals surface area contributed by atoms with E-state index in [-0.39, 0.29) is 28.4 Å². The third-order valence-corrected chi connectivity index (χ3v) is 9.47. The van der Waals surface area contributed by atoms with Crippen molar-refractivity contribution in [2.24, 2.45) is 10.8 Å². The predicted octanol–water partition coefficient (Wildman–Crippen LogP) is 5.37. The Balaban J connectivity index is 0.000000231. The molecule has 0 radical (unpaired) electrons. The van der Waals surface area contributed by atoms with E-state index >= 15 is 0 Å². The molecular formula is C30H44N4O6S2. The maximum absolute atomic E-state index is 12.1. The second-order valence-electron chi connectivity index (χ2n) is 11.9. The van der Waals surface area contributed by atoms with Gasteiger partial charge in [0, 0.05) is 40.9 Å². The summed E-state index contributed by atoms with van der Waals surface area (Å²) >= 11 is 1.56. The topological polar surface area (TPSA) is 138 Å². The quantitative estimate of drug-likeness (QED) is 0.214. The van der Waals surface area contributed by atoms with Crippen molar-refractivity contribution in [2.75, 3.05) is 25.7 Å². The molecular weight excluding hydrogens is 576 g/mol. The summed E-state index contributed by atoms with van der Waals surface area (Å²) in [7, 11) is -3.44. The molecule has 0 saturated heterocycles. The van der Waals surface area contributed by atoms with Gasteiger partial charge in [-0.1, -0.05) is 11.8 Å². The first-order valence-electron chi connectivity index (χ1n) is 14.4. The van der Waals surface area contributed by atoms with Gasteiger partial charge in [-0.2, -0.15) is 0 Å². The lowest BCUT2D eigenvalue weighted by atomic mass is 9.87. The summed E-state index contributed by atoms with van der Waals surface area (Å²) in [6, 6.07) is 3.84. The van der Waals surface area contributed by atoms with Gasteiger partial charge in [0.05, 0.1) is 24.0 Å². The van der Waals surface area contributed by atoms with Gasteiger partial charge in [0.15, 0.2) is 5.16 Å². The normalized spacial score (nSPS) is 25.4. The first-order chi connectivity index (χ1) is 19.6. The maximum Gasteiger partial charge on any atom is 0.311 e. The van der Waals surface area contributed by atoms with Crippen molar-refractivity contribution < 1.29 is 27.5 Å². The zero-order valence-corrected chi connectivity index (χ0v) is 27.7. The lowest BCUT2D eigenvalue weighted by Crippen LogP contribution is -2.27. The molecule has 0 unspecified atom stereocenters. The van der Waals surface area contributed by atoms with Crippen LogP contribution in [-0.4, -0.2) is 66.0 Å². The third kappa shape index (κ3) is 8.27. The number of sulfone groups is 1. The van der Waals surface area contributed by atoms with Crippen LogP contribution in [0, 0.1) is 24.7 Å². The molecule has 0 N–H and O–H groups in total. The van der Waals surface area contributed by atoms with Crippen LogP contribution in [0.4, 0.5) is 0 Å². The summed E-state index contributed by atoms with van der Waals surface area (Å²) in [6.45, 7) is 12.1. The van der Waals surface area contributed by atoms with Gasteiger partial charge in [-0.3, -0.25) is 9.59 Å². The van der Waals surface area contributed by atoms with Crippen LogP contribution in [0.5, 0.6) is 0 Å². The predicted molar refractivity (Wildman–Crippen MR) is 161 cm³/mol. The van der Waals surface area contributed by atoms with E-state index in [4.69, 9.17) is 9.47 Å². The van der Waals surface area contributed by atoms with Gasteiger partial charge in [0.2, 0.25) is 15.0 Å². The third-order valence-electron chi connectivity index (χ3n) is 8.08. The number of hydrogen-bond donors (Lipinski definition) is 0. The Labute approximate surface area is 254 Å². The maximum atomic E-state index is 12.1. The average Bonchev–Trinajstić information content (AvgIpc) is 3.53. The van der Waals surface area contributed by atoms with Gasteiger partial charge in [0.1, 0.15) is 0 Å². The fourth-order valence-electron chi connectivity index (χ4n) is 5.77. The van der Waals surface area contributed by atoms with Crippen LogP contribution < -0.4 is 0 Å². The zero-order valence-electron chi connectivity index (χ0n) is 26.0. The van der Waals surface area contributed by atoms with Gasteiger partial charge in [0.25, 0.3) is 0 Å². The highest BCUT2D eigenvalue weighted by molar-refractivity contribution is 7.98. The zero-order chi connectivity index (χ0) is 31.3. The van der Waals surface area contributed by atoms with E-state index in [1.165, 1.54) is 0 Å². The molecule has 0 aliphatic heterocycles. The fourth-order valence-corrected chi connectivity index (χ4v) is 6.79. The molecule has 2 aromatic rings. The molecule has 4 atom stereocenters. The van der Waals surface area contributed by atoms with Crippen LogP contribution in [0.15, 0.2) is 22.4 Å². The molecule has 2 saturated carbocycles. The molecule has 10 nitrogen and oxygen atoms in total. The van der Waals surface area contributed by atoms with Crippen molar-refractivity contribution in [3.8, 4) is 0 Å². The number of ether oxygens (including phenoxy) is 2. The van der Waals surface area contributed by atoms with Crippen LogP contribution >= 0.6 is 11.8 Å². The SMILES string of the molecule is CCOC(=O)[C@]1(C)CC[C@@H](c2cc(C)nc(S(C)(=O)=O)n2)C1.CCOC(=O)[C@]1(C)CC[C@@H](c2cc(C)nc(SC)n2)C1. The highest BCUT2D eigenvalue weighted by Crippen LogP contribution is 2.48. The summed E-state index contributed by atoms with van der Waals surface area (Å²) in [6.07, 6.45) is 7.87. The summed E-state index contributed by atoms with van der Waals surface area (Å²) < 4.78 is 33.7. The second-order valence-corrected chi connectivity index (χ2v) is 14.5. The minimum Gasteiger partial charge on any atom is -0.466 e. The number of nitrogens with zero attached hydrogens (tertiary/aromatic N) is 4. The van der Waals surface area contributed by atoms with Crippen molar-refractivity contribution in [1.82, 2.24) is 19.9 Å². The molecule has 2 aliphatic carbocycles. The van der Waals surface area contributed by atoms with Crippen LogP contribution in [0.25, 0.3) is 0 Å². The second kappa shape index (κ2) is 13.8. The van der Waals surface area contributed by atoms with E-state index in [0.717, 1.165) is 48.5 Å². The Morgan fingerprint density at radius 1 is 0.857 bits per heavy atom. The summed E-state index contributed by atoms with van der Waals surface area (Å²) in [5.74, 6) is 0.124. The Morgan fingerprint density at radius 3 is 1.74 bits per heavy atom. The van der Waals surface area contributed by atoms with E-state index in [1.54, 1.807) is 31.7 Å². The van der Waals surface area contributed by atoms with Crippen LogP contribution in [0.2, 0.25) is 0 Å². The molecule has 0 bridgehead atoms. The Morgan fingerprint density at radius 2 is 1.31 bits per heavy atom. The van der Waals surface area contributed by atoms with E-state index in [2.05, 4.69) is 19.9 Å². The van der Waals surface area contributed by atoms with Crippen LogP contribution in [-0.2, 0) is 28.9 Å². The number of carbonyl (C=O) groups is 2. The lowest BCUT2D eigenvalue weighted by Gasteiger charge is -2.21. The minimum absolute atomic E-state index is 0.0524. The van der Waals surface area contributed by atoms with Crippen LogP contribution in [0.3, 0.4) is 0 Å². The van der Waals surface area contributed by atoms with E-state index in [1.807, 2.05) is 40.0 Å². The van der Waals surface area contributed by atoms with Gasteiger partial charge in [-0.15, -0.1) is 0 Å². The number of rotatable bonds is 8. The summed E-state index contributed by atoms with van der Waals surface area (Å²) in [5.41, 5.74) is 2.49. The summed E-state index contributed by atoms with van der Waals surface area (Å²) in [5, 5.41) is 0.664. The Hall–Kier alpha value is -2.60. The van der Waals surface area contributed by atoms with E-state index in [0.29, 0.717) is 43.4 Å². The van der Waals surface area contributed by atoms with Gasteiger partial charge in [-0.05, 0) is 98.5 Å². The standard InChI is InChI=1S/C15H22N2O4S.C15H22N2O2S/c1-5-21-13(18)15(3)7-6-11(9-15)12-8-10(2)16-14(17-12)22(4,19)20;1-5-19-13(18)15(3)7-6-11(9-15)12-8-10(2)16-14(17-12)20-4/h8,11H,5-7,9H2,1-4H3;8,11H,5-7,9H2,1-4H3/t2*11-,15-/m11/s1. The van der Waals surface area contributed by atoms with Crippen molar-refractivity contribution >= 4 is 33.5 Å². The number of esters is 2. The number of carbonyl (C=O) groups excluding carboxylic acids is 2. The van der Waals surface area contributed by atoms with Gasteiger partial charge in [-0.25, -0.2) is 28.4 Å². The van der Waals surface area contributed by atoms with Gasteiger partial charge >= 0.3 is 11.9 Å². The van der Waals surface area contributed by atoms with Gasteiger partial charge < -0.3 is 9.47 Å². The molecule has 232 valence electrons. The molecule has 0 aromatic carbocycles. The number of aromatic nitrogens is 4. The first kappa shape index (κ1) is 33.9. The van der Waals surface area contributed by atoms with Crippen molar-refractivity contribution in [1.29, 1.82) is 0 Å². The molecule has 2 aromatic heterocycles. The fraction of sp³-hybridized carbons (Fsp3) is 0.667. The first-order valence-corrected chi connectivity index (χ1v) is 17.6. The Bertz CT molecular complexity index is 1400. The molecule has 42 heavy (non-hydrogen) atoms. The largest absolute Gasteiger partial charge is 0.466 e. The van der Waals surface area contributed by atoms with E-state index < -0.39 is 15.3 Å². The smallest absolute Gasteiger partial charge is 0.311 e. The lowest BCUT2D eigenvalue weighted by molar-refractivity contribution is -0.154. The Kier molecular flexibility index (Phi) is 11.1. The molecule has 4 rings (SSSR count). The average molecular weight is 621 g/mol. The minimum atomic E-state index is -3.44. The summed E-state index contributed by atoms with van der Waals surface area (Å²) in [4.78, 5) is 41.3. The number of aryl methyl sites for hydroxylation is 2. The molecule has 0 amide bonds. The van der Waals surface area contributed by atoms with Crippen molar-refractivity contribution in [3.63, 3.8) is 0 Å². The molecule has 0 spiro atoms. The number of hydrogen-bond acceptors (Lipinski definition) is 11. The monoisotopic (exact) mass is 620 g/mol. The highest BCUT2D eigenvalue weighted by atomic mass is 32.2. The van der Waals surface area contributed by atoms with Crippen molar-refractivity contribution in [3.05, 3.63) is 34.9 Å². The molecule has 2 fully saturated rings. The molecule has 12 heteroatoms. The van der Waals surface area contributed by atoms with Crippen LogP contribution in [0.1, 0.15) is 101 Å².